The minimum atomic E-state index is -0.607. The van der Waals surface area contributed by atoms with Gasteiger partial charge in [-0.25, -0.2) is 0 Å². The second kappa shape index (κ2) is 5.65. The van der Waals surface area contributed by atoms with Crippen molar-refractivity contribution in [3.8, 4) is 18.1 Å². The highest BCUT2D eigenvalue weighted by Crippen LogP contribution is 2.28. The zero-order valence-corrected chi connectivity index (χ0v) is 9.29. The van der Waals surface area contributed by atoms with Gasteiger partial charge in [-0.1, -0.05) is 11.6 Å². The van der Waals surface area contributed by atoms with Crippen LogP contribution < -0.4 is 4.74 Å². The average Bonchev–Trinajstić information content (AvgIpc) is 2.20. The van der Waals surface area contributed by atoms with E-state index in [0.717, 1.165) is 0 Å². The van der Waals surface area contributed by atoms with Crippen molar-refractivity contribution in [2.45, 2.75) is 19.4 Å². The Bertz CT molecular complexity index is 366. The molecular formula is C12H13ClO2. The fourth-order valence-corrected chi connectivity index (χ4v) is 1.38. The predicted octanol–water partition coefficient (Wildman–Crippen LogP) is 2.80. The maximum absolute atomic E-state index is 9.51. The Kier molecular flexibility index (Phi) is 4.48. The van der Waals surface area contributed by atoms with E-state index in [-0.39, 0.29) is 0 Å². The number of hydrogen-bond acceptors (Lipinski definition) is 2. The van der Waals surface area contributed by atoms with E-state index in [1.165, 1.54) is 0 Å². The van der Waals surface area contributed by atoms with Crippen molar-refractivity contribution in [2.75, 3.05) is 6.61 Å². The topological polar surface area (TPSA) is 29.5 Å². The molecule has 80 valence electrons. The standard InChI is InChI=1S/C12H13ClO2/c1-3-4-7-15-12-6-5-10(13)8-11(12)9(2)14/h1,5-6,8-9,14H,4,7H2,2H3/t9-/m0/s1. The molecule has 0 radical (unpaired) electrons. The predicted molar refractivity (Wildman–Crippen MR) is 61.0 cm³/mol. The first-order valence-corrected chi connectivity index (χ1v) is 5.06. The van der Waals surface area contributed by atoms with Crippen molar-refractivity contribution in [3.05, 3.63) is 28.8 Å². The van der Waals surface area contributed by atoms with Gasteiger partial charge in [0.25, 0.3) is 0 Å². The monoisotopic (exact) mass is 224 g/mol. The molecule has 0 spiro atoms. The first kappa shape index (κ1) is 11.9. The van der Waals surface area contributed by atoms with Crippen molar-refractivity contribution in [1.82, 2.24) is 0 Å². The van der Waals surface area contributed by atoms with Crippen LogP contribution in [0.1, 0.15) is 25.0 Å². The summed E-state index contributed by atoms with van der Waals surface area (Å²) in [5.74, 6) is 3.11. The molecule has 0 amide bonds. The molecule has 0 aliphatic carbocycles. The quantitative estimate of drug-likeness (QED) is 0.630. The van der Waals surface area contributed by atoms with Crippen molar-refractivity contribution in [3.63, 3.8) is 0 Å². The van der Waals surface area contributed by atoms with Crippen molar-refractivity contribution < 1.29 is 9.84 Å². The lowest BCUT2D eigenvalue weighted by Crippen LogP contribution is -2.01. The van der Waals surface area contributed by atoms with Crippen LogP contribution in [0.4, 0.5) is 0 Å². The van der Waals surface area contributed by atoms with Crippen LogP contribution >= 0.6 is 11.6 Å². The third-order valence-corrected chi connectivity index (χ3v) is 2.16. The highest BCUT2D eigenvalue weighted by molar-refractivity contribution is 6.30. The number of hydrogen-bond donors (Lipinski definition) is 1. The number of aliphatic hydroxyl groups excluding tert-OH is 1. The molecule has 0 saturated carbocycles. The van der Waals surface area contributed by atoms with Crippen LogP contribution in [0.5, 0.6) is 5.75 Å². The third kappa shape index (κ3) is 3.47. The lowest BCUT2D eigenvalue weighted by molar-refractivity contribution is 0.191. The van der Waals surface area contributed by atoms with Crippen molar-refractivity contribution in [2.24, 2.45) is 0 Å². The van der Waals surface area contributed by atoms with Gasteiger partial charge >= 0.3 is 0 Å². The molecule has 1 rings (SSSR count). The zero-order chi connectivity index (χ0) is 11.3. The summed E-state index contributed by atoms with van der Waals surface area (Å²) in [5.41, 5.74) is 0.680. The zero-order valence-electron chi connectivity index (χ0n) is 8.53. The van der Waals surface area contributed by atoms with Gasteiger partial charge in [0.15, 0.2) is 0 Å². The maximum Gasteiger partial charge on any atom is 0.125 e. The van der Waals surface area contributed by atoms with E-state index in [1.807, 2.05) is 0 Å². The van der Waals surface area contributed by atoms with Crippen LogP contribution in [0.15, 0.2) is 18.2 Å². The van der Waals surface area contributed by atoms with Gasteiger partial charge in [-0.3, -0.25) is 0 Å². The van der Waals surface area contributed by atoms with Gasteiger partial charge in [-0.2, -0.15) is 0 Å². The highest BCUT2D eigenvalue weighted by atomic mass is 35.5. The van der Waals surface area contributed by atoms with E-state index in [9.17, 15) is 5.11 Å². The Balaban J connectivity index is 2.82. The molecule has 1 N–H and O–H groups in total. The smallest absolute Gasteiger partial charge is 0.125 e. The Morgan fingerprint density at radius 2 is 2.33 bits per heavy atom. The molecule has 0 aliphatic heterocycles. The Morgan fingerprint density at radius 1 is 1.60 bits per heavy atom. The number of aliphatic hydroxyl groups is 1. The first-order valence-electron chi connectivity index (χ1n) is 4.69. The second-order valence-corrected chi connectivity index (χ2v) is 3.60. The molecule has 1 atom stereocenters. The van der Waals surface area contributed by atoms with Crippen LogP contribution in [0, 0.1) is 12.3 Å². The summed E-state index contributed by atoms with van der Waals surface area (Å²) in [5, 5.41) is 10.1. The molecule has 0 heterocycles. The molecule has 2 nitrogen and oxygen atoms in total. The summed E-state index contributed by atoms with van der Waals surface area (Å²) >= 11 is 5.82. The molecule has 0 unspecified atom stereocenters. The maximum atomic E-state index is 9.51. The average molecular weight is 225 g/mol. The summed E-state index contributed by atoms with van der Waals surface area (Å²) in [7, 11) is 0. The molecule has 3 heteroatoms. The summed E-state index contributed by atoms with van der Waals surface area (Å²) < 4.78 is 5.43. The molecule has 0 fully saturated rings. The number of terminal acetylenes is 1. The normalized spacial score (nSPS) is 11.9. The number of ether oxygens (including phenoxy) is 1. The highest BCUT2D eigenvalue weighted by Gasteiger charge is 2.09. The Hall–Kier alpha value is -1.17. The second-order valence-electron chi connectivity index (χ2n) is 3.16. The summed E-state index contributed by atoms with van der Waals surface area (Å²) in [6.07, 6.45) is 5.05. The van der Waals surface area contributed by atoms with Gasteiger partial charge in [0.2, 0.25) is 0 Å². The third-order valence-electron chi connectivity index (χ3n) is 1.93. The molecule has 0 aliphatic rings. The first-order chi connectivity index (χ1) is 7.15. The molecule has 0 saturated heterocycles. The SMILES string of the molecule is C#CCCOc1ccc(Cl)cc1[C@H](C)O. The van der Waals surface area contributed by atoms with Crippen LogP contribution in [0.25, 0.3) is 0 Å². The van der Waals surface area contributed by atoms with E-state index in [1.54, 1.807) is 25.1 Å². The van der Waals surface area contributed by atoms with Crippen LogP contribution in [-0.2, 0) is 0 Å². The fourth-order valence-electron chi connectivity index (χ4n) is 1.20. The van der Waals surface area contributed by atoms with Gasteiger partial charge < -0.3 is 9.84 Å². The van der Waals surface area contributed by atoms with E-state index >= 15 is 0 Å². The van der Waals surface area contributed by atoms with Crippen molar-refractivity contribution >= 4 is 11.6 Å². The molecule has 1 aromatic carbocycles. The van der Waals surface area contributed by atoms with E-state index in [0.29, 0.717) is 29.4 Å². The van der Waals surface area contributed by atoms with E-state index < -0.39 is 6.10 Å². The fraction of sp³-hybridized carbons (Fsp3) is 0.333. The lowest BCUT2D eigenvalue weighted by Gasteiger charge is -2.12. The van der Waals surface area contributed by atoms with Gasteiger partial charge in [0, 0.05) is 17.0 Å². The summed E-state index contributed by atoms with van der Waals surface area (Å²) in [6.45, 7) is 2.11. The molecule has 15 heavy (non-hydrogen) atoms. The summed E-state index contributed by atoms with van der Waals surface area (Å²) in [4.78, 5) is 0. The molecule has 1 aromatic rings. The van der Waals surface area contributed by atoms with E-state index in [2.05, 4.69) is 5.92 Å². The van der Waals surface area contributed by atoms with Gasteiger partial charge in [-0.05, 0) is 25.1 Å². The summed E-state index contributed by atoms with van der Waals surface area (Å²) in [6, 6.07) is 5.15. The molecular weight excluding hydrogens is 212 g/mol. The minimum Gasteiger partial charge on any atom is -0.492 e. The van der Waals surface area contributed by atoms with Gasteiger partial charge in [0.05, 0.1) is 12.7 Å². The Labute approximate surface area is 94.8 Å². The Morgan fingerprint density at radius 3 is 2.93 bits per heavy atom. The number of benzene rings is 1. The van der Waals surface area contributed by atoms with Gasteiger partial charge in [0.1, 0.15) is 5.75 Å². The molecule has 0 bridgehead atoms. The largest absolute Gasteiger partial charge is 0.492 e. The van der Waals surface area contributed by atoms with Crippen LogP contribution in [0.3, 0.4) is 0 Å². The van der Waals surface area contributed by atoms with E-state index in [4.69, 9.17) is 22.8 Å². The van der Waals surface area contributed by atoms with Gasteiger partial charge in [-0.15, -0.1) is 12.3 Å². The lowest BCUT2D eigenvalue weighted by atomic mass is 10.1. The molecule has 0 aromatic heterocycles. The number of rotatable bonds is 4. The van der Waals surface area contributed by atoms with Crippen LogP contribution in [0.2, 0.25) is 5.02 Å². The number of halogens is 1. The van der Waals surface area contributed by atoms with Crippen LogP contribution in [-0.4, -0.2) is 11.7 Å². The minimum absolute atomic E-state index is 0.442. The van der Waals surface area contributed by atoms with Crippen molar-refractivity contribution in [1.29, 1.82) is 0 Å².